The van der Waals surface area contributed by atoms with Gasteiger partial charge in [0.25, 0.3) is 15.9 Å². The van der Waals surface area contributed by atoms with Gasteiger partial charge in [-0.2, -0.15) is 4.98 Å². The highest BCUT2D eigenvalue weighted by molar-refractivity contribution is 7.90. The number of ether oxygens (including phenoxy) is 4. The predicted molar refractivity (Wildman–Crippen MR) is 163 cm³/mol. The van der Waals surface area contributed by atoms with E-state index in [9.17, 15) is 23.3 Å². The molecule has 4 aromatic rings. The normalized spacial score (nSPS) is 18.5. The molecule has 2 aromatic carbocycles. The lowest BCUT2D eigenvalue weighted by molar-refractivity contribution is -0.386. The largest absolute Gasteiger partial charge is 0.484 e. The summed E-state index contributed by atoms with van der Waals surface area (Å²) in [5.41, 5.74) is 1.26. The molecule has 2 atom stereocenters. The molecule has 236 valence electrons. The highest BCUT2D eigenvalue weighted by atomic mass is 32.2. The molecule has 2 aliphatic heterocycles. The zero-order valence-electron chi connectivity index (χ0n) is 24.3. The van der Waals surface area contributed by atoms with E-state index in [1.807, 2.05) is 17.0 Å². The van der Waals surface area contributed by atoms with Crippen LogP contribution in [0.25, 0.3) is 11.0 Å². The molecule has 15 heteroatoms. The highest BCUT2D eigenvalue weighted by Gasteiger charge is 2.29. The summed E-state index contributed by atoms with van der Waals surface area (Å²) in [7, 11) is -2.91. The molecule has 6 rings (SSSR count). The second-order valence-electron chi connectivity index (χ2n) is 10.6. The Bertz CT molecular complexity index is 1840. The molecule has 0 radical (unpaired) electrons. The number of aromatic amines is 1. The Balaban J connectivity index is 1.23. The first-order valence-electron chi connectivity index (χ1n) is 14.3. The summed E-state index contributed by atoms with van der Waals surface area (Å²) in [5, 5.41) is 12.7. The Morgan fingerprint density at radius 2 is 2.02 bits per heavy atom. The van der Waals surface area contributed by atoms with Crippen molar-refractivity contribution in [3.63, 3.8) is 0 Å². The van der Waals surface area contributed by atoms with Crippen LogP contribution in [0.4, 0.5) is 17.1 Å². The SMILES string of the molecule is CO[C@H]1CC[C@H](COc2ccc(S(=O)(=O)NC(=O)c3ccccc3N3CCCOc4nc5[nH]ccc5cc43)cc2[N+](=O)[O-])OC1. The number of rotatable bonds is 9. The van der Waals surface area contributed by atoms with Crippen LogP contribution >= 0.6 is 0 Å². The molecule has 2 N–H and O–H groups in total. The highest BCUT2D eigenvalue weighted by Crippen LogP contribution is 2.38. The maximum absolute atomic E-state index is 13.5. The number of para-hydroxylation sites is 1. The number of carbonyl (C=O) groups excluding carboxylic acids is 1. The Kier molecular flexibility index (Phi) is 8.56. The molecule has 0 unspecified atom stereocenters. The van der Waals surface area contributed by atoms with Crippen LogP contribution in [0, 0.1) is 10.1 Å². The Hall–Kier alpha value is -4.73. The van der Waals surface area contributed by atoms with Gasteiger partial charge in [0.05, 0.1) is 46.5 Å². The lowest BCUT2D eigenvalue weighted by Crippen LogP contribution is -2.34. The number of sulfonamides is 1. The third-order valence-corrected chi connectivity index (χ3v) is 9.06. The monoisotopic (exact) mass is 637 g/mol. The van der Waals surface area contributed by atoms with Gasteiger partial charge in [-0.3, -0.25) is 14.9 Å². The summed E-state index contributed by atoms with van der Waals surface area (Å²) in [4.78, 5) is 33.7. The average Bonchev–Trinajstić information content (AvgIpc) is 3.41. The fourth-order valence-corrected chi connectivity index (χ4v) is 6.35. The number of fused-ring (bicyclic) bond motifs is 2. The number of nitrogens with zero attached hydrogens (tertiary/aromatic N) is 3. The molecule has 4 heterocycles. The van der Waals surface area contributed by atoms with Crippen molar-refractivity contribution in [1.82, 2.24) is 14.7 Å². The maximum Gasteiger partial charge on any atom is 0.312 e. The van der Waals surface area contributed by atoms with E-state index in [1.54, 1.807) is 31.5 Å². The number of carbonyl (C=O) groups is 1. The van der Waals surface area contributed by atoms with Crippen molar-refractivity contribution in [3.8, 4) is 11.6 Å². The average molecular weight is 638 g/mol. The second-order valence-corrected chi connectivity index (χ2v) is 12.3. The van der Waals surface area contributed by atoms with Crippen molar-refractivity contribution in [3.05, 3.63) is 76.5 Å². The number of benzene rings is 2. The number of amides is 1. The zero-order valence-corrected chi connectivity index (χ0v) is 25.1. The van der Waals surface area contributed by atoms with Crippen LogP contribution in [0.1, 0.15) is 29.6 Å². The molecular formula is C30H31N5O9S. The number of aromatic nitrogens is 2. The topological polar surface area (TPSA) is 175 Å². The van der Waals surface area contributed by atoms with Crippen LogP contribution in [-0.4, -0.2) is 74.9 Å². The molecule has 2 aromatic heterocycles. The van der Waals surface area contributed by atoms with Gasteiger partial charge in [-0.15, -0.1) is 0 Å². The minimum absolute atomic E-state index is 0.0101. The smallest absolute Gasteiger partial charge is 0.312 e. The van der Waals surface area contributed by atoms with Crippen molar-refractivity contribution in [2.24, 2.45) is 0 Å². The number of H-pyrrole nitrogens is 1. The third-order valence-electron chi connectivity index (χ3n) is 7.73. The summed E-state index contributed by atoms with van der Waals surface area (Å²) >= 11 is 0. The number of anilines is 2. The first-order valence-corrected chi connectivity index (χ1v) is 15.8. The number of hydrogen-bond donors (Lipinski definition) is 2. The van der Waals surface area contributed by atoms with E-state index in [0.29, 0.717) is 55.5 Å². The molecule has 0 bridgehead atoms. The number of nitro groups is 1. The number of nitrogens with one attached hydrogen (secondary N) is 2. The van der Waals surface area contributed by atoms with E-state index in [2.05, 4.69) is 14.7 Å². The molecule has 45 heavy (non-hydrogen) atoms. The third kappa shape index (κ3) is 6.41. The first kappa shape index (κ1) is 30.3. The van der Waals surface area contributed by atoms with E-state index in [-0.39, 0.29) is 30.1 Å². The number of nitro benzene ring substituents is 1. The maximum atomic E-state index is 13.5. The first-order chi connectivity index (χ1) is 21.7. The minimum atomic E-state index is -4.52. The Morgan fingerprint density at radius 1 is 1.18 bits per heavy atom. The molecular weight excluding hydrogens is 606 g/mol. The van der Waals surface area contributed by atoms with E-state index >= 15 is 0 Å². The zero-order chi connectivity index (χ0) is 31.6. The molecule has 0 saturated carbocycles. The van der Waals surface area contributed by atoms with E-state index in [1.165, 1.54) is 12.1 Å². The summed E-state index contributed by atoms with van der Waals surface area (Å²) in [6.45, 7) is 1.32. The fraction of sp³-hybridized carbons (Fsp3) is 0.333. The summed E-state index contributed by atoms with van der Waals surface area (Å²) in [6.07, 6.45) is 3.50. The van der Waals surface area contributed by atoms with Gasteiger partial charge in [-0.1, -0.05) is 12.1 Å². The van der Waals surface area contributed by atoms with E-state index in [0.717, 1.165) is 23.9 Å². The molecule has 1 saturated heterocycles. The quantitative estimate of drug-likeness (QED) is 0.200. The molecule has 1 amide bonds. The molecule has 1 fully saturated rings. The fourth-order valence-electron chi connectivity index (χ4n) is 5.36. The standard InChI is InChI=1S/C30H31N5O9S/c1-41-20-7-8-21(43-17-20)18-44-27-10-9-22(16-25(27)35(37)38)45(39,40)33-29(36)23-5-2-3-6-24(23)34-13-4-14-42-30-26(34)15-19-11-12-31-28(19)32-30/h2-3,5-6,9-12,15-16,20-21H,4,7-8,13-14,17-18H2,1H3,(H,31,32)(H,33,36)/t20-,21+/m0/s1. The number of methoxy groups -OCH3 is 1. The van der Waals surface area contributed by atoms with Crippen LogP contribution < -0.4 is 19.1 Å². The lowest BCUT2D eigenvalue weighted by atomic mass is 10.1. The number of pyridine rings is 1. The van der Waals surface area contributed by atoms with Crippen molar-refractivity contribution < 1.29 is 37.1 Å². The Labute approximate surface area is 258 Å². The van der Waals surface area contributed by atoms with Gasteiger partial charge in [0.15, 0.2) is 5.75 Å². The van der Waals surface area contributed by atoms with Gasteiger partial charge in [-0.05, 0) is 55.7 Å². The van der Waals surface area contributed by atoms with Crippen LogP contribution in [0.2, 0.25) is 0 Å². The molecule has 2 aliphatic rings. The van der Waals surface area contributed by atoms with Crippen LogP contribution in [0.3, 0.4) is 0 Å². The summed E-state index contributed by atoms with van der Waals surface area (Å²) < 4.78 is 51.3. The second kappa shape index (κ2) is 12.7. The van der Waals surface area contributed by atoms with Gasteiger partial charge in [0, 0.05) is 31.3 Å². The lowest BCUT2D eigenvalue weighted by Gasteiger charge is -2.28. The number of hydrogen-bond acceptors (Lipinski definition) is 11. The van der Waals surface area contributed by atoms with Crippen molar-refractivity contribution in [2.45, 2.75) is 36.4 Å². The van der Waals surface area contributed by atoms with Crippen LogP contribution in [0.5, 0.6) is 11.6 Å². The van der Waals surface area contributed by atoms with Crippen molar-refractivity contribution in [2.75, 3.05) is 38.4 Å². The molecule has 0 aliphatic carbocycles. The van der Waals surface area contributed by atoms with Gasteiger partial charge >= 0.3 is 5.69 Å². The van der Waals surface area contributed by atoms with E-state index in [4.69, 9.17) is 18.9 Å². The van der Waals surface area contributed by atoms with Crippen LogP contribution in [0.15, 0.2) is 65.7 Å². The van der Waals surface area contributed by atoms with Gasteiger partial charge in [-0.25, -0.2) is 13.1 Å². The van der Waals surface area contributed by atoms with Crippen molar-refractivity contribution in [1.29, 1.82) is 0 Å². The van der Waals surface area contributed by atoms with Crippen molar-refractivity contribution >= 4 is 44.0 Å². The molecule has 14 nitrogen and oxygen atoms in total. The minimum Gasteiger partial charge on any atom is -0.484 e. The Morgan fingerprint density at radius 3 is 2.80 bits per heavy atom. The van der Waals surface area contributed by atoms with Crippen LogP contribution in [-0.2, 0) is 19.5 Å². The van der Waals surface area contributed by atoms with E-state index < -0.39 is 31.4 Å². The van der Waals surface area contributed by atoms with Gasteiger partial charge < -0.3 is 28.8 Å². The predicted octanol–water partition coefficient (Wildman–Crippen LogP) is 4.08. The van der Waals surface area contributed by atoms with Gasteiger partial charge in [0.1, 0.15) is 17.9 Å². The van der Waals surface area contributed by atoms with Gasteiger partial charge in [0.2, 0.25) is 5.88 Å². The summed E-state index contributed by atoms with van der Waals surface area (Å²) in [6, 6.07) is 13.6. The summed E-state index contributed by atoms with van der Waals surface area (Å²) in [5.74, 6) is -0.630. The molecule has 0 spiro atoms.